The number of hydrogen-bond donors (Lipinski definition) is 2. The molecule has 0 radical (unpaired) electrons. The third kappa shape index (κ3) is 4.30. The Morgan fingerprint density at radius 3 is 3.06 bits per heavy atom. The SMILES string of the molecule is CCCC(C)COc1ccnc(/C(N)=N/O)c1. The van der Waals surface area contributed by atoms with Crippen molar-refractivity contribution < 1.29 is 9.94 Å². The minimum Gasteiger partial charge on any atom is -0.493 e. The summed E-state index contributed by atoms with van der Waals surface area (Å²) in [4.78, 5) is 3.98. The van der Waals surface area contributed by atoms with Gasteiger partial charge in [0.05, 0.1) is 6.61 Å². The van der Waals surface area contributed by atoms with Gasteiger partial charge in [0.1, 0.15) is 11.4 Å². The Kier molecular flexibility index (Phi) is 5.26. The van der Waals surface area contributed by atoms with E-state index < -0.39 is 0 Å². The monoisotopic (exact) mass is 237 g/mol. The minimum absolute atomic E-state index is 0.0166. The van der Waals surface area contributed by atoms with Crippen LogP contribution < -0.4 is 10.5 Å². The van der Waals surface area contributed by atoms with Crippen molar-refractivity contribution in [1.29, 1.82) is 0 Å². The number of amidine groups is 1. The van der Waals surface area contributed by atoms with Gasteiger partial charge in [-0.1, -0.05) is 25.4 Å². The second kappa shape index (κ2) is 6.73. The zero-order valence-electron chi connectivity index (χ0n) is 10.3. The molecule has 1 heterocycles. The normalized spacial score (nSPS) is 13.4. The predicted octanol–water partition coefficient (Wildman–Crippen LogP) is 1.99. The van der Waals surface area contributed by atoms with Crippen molar-refractivity contribution >= 4 is 5.84 Å². The summed E-state index contributed by atoms with van der Waals surface area (Å²) < 4.78 is 5.62. The van der Waals surface area contributed by atoms with Crippen LogP contribution in [0.15, 0.2) is 23.5 Å². The summed E-state index contributed by atoms with van der Waals surface area (Å²) in [5, 5.41) is 11.5. The molecule has 1 atom stereocenters. The minimum atomic E-state index is -0.0166. The van der Waals surface area contributed by atoms with Crippen LogP contribution in [0, 0.1) is 5.92 Å². The molecular weight excluding hydrogens is 218 g/mol. The van der Waals surface area contributed by atoms with E-state index in [0.29, 0.717) is 24.0 Å². The lowest BCUT2D eigenvalue weighted by atomic mass is 10.1. The molecule has 1 aromatic rings. The molecule has 0 aliphatic rings. The summed E-state index contributed by atoms with van der Waals surface area (Å²) in [5.74, 6) is 1.18. The van der Waals surface area contributed by atoms with Crippen LogP contribution in [-0.4, -0.2) is 22.6 Å². The average Bonchev–Trinajstić information content (AvgIpc) is 2.36. The number of nitrogens with two attached hydrogens (primary N) is 1. The Morgan fingerprint density at radius 1 is 1.65 bits per heavy atom. The molecule has 0 bridgehead atoms. The molecule has 1 aromatic heterocycles. The molecule has 0 spiro atoms. The first-order valence-electron chi connectivity index (χ1n) is 5.74. The van der Waals surface area contributed by atoms with Crippen molar-refractivity contribution in [2.24, 2.45) is 16.8 Å². The Labute approximate surface area is 101 Å². The second-order valence-electron chi connectivity index (χ2n) is 4.07. The molecule has 94 valence electrons. The number of oxime groups is 1. The maximum Gasteiger partial charge on any atom is 0.188 e. The molecule has 0 aromatic carbocycles. The van der Waals surface area contributed by atoms with Crippen LogP contribution in [0.25, 0.3) is 0 Å². The van der Waals surface area contributed by atoms with E-state index in [1.165, 1.54) is 0 Å². The first kappa shape index (κ1) is 13.3. The lowest BCUT2D eigenvalue weighted by Gasteiger charge is -2.12. The van der Waals surface area contributed by atoms with Crippen molar-refractivity contribution in [2.75, 3.05) is 6.61 Å². The zero-order chi connectivity index (χ0) is 12.7. The summed E-state index contributed by atoms with van der Waals surface area (Å²) in [6, 6.07) is 3.42. The number of aromatic nitrogens is 1. The van der Waals surface area contributed by atoms with Crippen molar-refractivity contribution in [3.05, 3.63) is 24.0 Å². The van der Waals surface area contributed by atoms with E-state index in [2.05, 4.69) is 24.0 Å². The van der Waals surface area contributed by atoms with Crippen molar-refractivity contribution in [2.45, 2.75) is 26.7 Å². The van der Waals surface area contributed by atoms with E-state index in [1.807, 2.05) is 0 Å². The molecule has 1 rings (SSSR count). The van der Waals surface area contributed by atoms with Gasteiger partial charge >= 0.3 is 0 Å². The largest absolute Gasteiger partial charge is 0.493 e. The Hall–Kier alpha value is -1.78. The van der Waals surface area contributed by atoms with E-state index >= 15 is 0 Å². The van der Waals surface area contributed by atoms with Gasteiger partial charge in [0.15, 0.2) is 5.84 Å². The molecule has 0 aliphatic heterocycles. The highest BCUT2D eigenvalue weighted by Crippen LogP contribution is 2.13. The van der Waals surface area contributed by atoms with Gasteiger partial charge < -0.3 is 15.7 Å². The topological polar surface area (TPSA) is 80.7 Å². The molecule has 3 N–H and O–H groups in total. The van der Waals surface area contributed by atoms with E-state index in [9.17, 15) is 0 Å². The van der Waals surface area contributed by atoms with E-state index in [-0.39, 0.29) is 5.84 Å². The molecule has 5 heteroatoms. The van der Waals surface area contributed by atoms with Crippen LogP contribution in [0.2, 0.25) is 0 Å². The Bertz CT molecular complexity index is 380. The Morgan fingerprint density at radius 2 is 2.41 bits per heavy atom. The van der Waals surface area contributed by atoms with Crippen LogP contribution in [-0.2, 0) is 0 Å². The van der Waals surface area contributed by atoms with Crippen LogP contribution in [0.5, 0.6) is 5.75 Å². The third-order valence-corrected chi connectivity index (χ3v) is 2.42. The van der Waals surface area contributed by atoms with Crippen molar-refractivity contribution in [3.8, 4) is 5.75 Å². The van der Waals surface area contributed by atoms with Gasteiger partial charge in [-0.05, 0) is 18.4 Å². The van der Waals surface area contributed by atoms with Gasteiger partial charge in [-0.25, -0.2) is 0 Å². The smallest absolute Gasteiger partial charge is 0.188 e. The summed E-state index contributed by atoms with van der Waals surface area (Å²) in [7, 11) is 0. The first-order valence-corrected chi connectivity index (χ1v) is 5.74. The number of hydrogen-bond acceptors (Lipinski definition) is 4. The highest BCUT2D eigenvalue weighted by molar-refractivity contribution is 5.95. The fourth-order valence-corrected chi connectivity index (χ4v) is 1.51. The number of ether oxygens (including phenoxy) is 1. The third-order valence-electron chi connectivity index (χ3n) is 2.42. The number of nitrogens with zero attached hydrogens (tertiary/aromatic N) is 2. The molecule has 5 nitrogen and oxygen atoms in total. The molecule has 0 saturated carbocycles. The molecule has 0 aliphatic carbocycles. The van der Waals surface area contributed by atoms with E-state index in [0.717, 1.165) is 12.8 Å². The molecule has 0 saturated heterocycles. The fraction of sp³-hybridized carbons (Fsp3) is 0.500. The average molecular weight is 237 g/mol. The fourth-order valence-electron chi connectivity index (χ4n) is 1.51. The highest BCUT2D eigenvalue weighted by Gasteiger charge is 2.05. The summed E-state index contributed by atoms with van der Waals surface area (Å²) in [6.07, 6.45) is 3.86. The van der Waals surface area contributed by atoms with Crippen LogP contribution in [0.1, 0.15) is 32.4 Å². The van der Waals surface area contributed by atoms with Gasteiger partial charge in [-0.2, -0.15) is 0 Å². The molecule has 1 unspecified atom stereocenters. The summed E-state index contributed by atoms with van der Waals surface area (Å²) in [5.41, 5.74) is 5.86. The zero-order valence-corrected chi connectivity index (χ0v) is 10.3. The van der Waals surface area contributed by atoms with Crippen molar-refractivity contribution in [3.63, 3.8) is 0 Å². The summed E-state index contributed by atoms with van der Waals surface area (Å²) >= 11 is 0. The Balaban J connectivity index is 2.60. The van der Waals surface area contributed by atoms with Gasteiger partial charge in [-0.15, -0.1) is 0 Å². The summed E-state index contributed by atoms with van der Waals surface area (Å²) in [6.45, 7) is 4.96. The van der Waals surface area contributed by atoms with Gasteiger partial charge in [0.25, 0.3) is 0 Å². The maximum atomic E-state index is 8.55. The number of pyridine rings is 1. The standard InChI is InChI=1S/C12H19N3O2/c1-3-4-9(2)8-17-10-5-6-14-11(7-10)12(13)15-16/h5-7,9,16H,3-4,8H2,1-2H3,(H2,13,15). The van der Waals surface area contributed by atoms with Gasteiger partial charge in [0, 0.05) is 12.3 Å². The highest BCUT2D eigenvalue weighted by atomic mass is 16.5. The van der Waals surface area contributed by atoms with E-state index in [1.54, 1.807) is 18.3 Å². The first-order chi connectivity index (χ1) is 8.17. The van der Waals surface area contributed by atoms with E-state index in [4.69, 9.17) is 15.7 Å². The molecule has 17 heavy (non-hydrogen) atoms. The van der Waals surface area contributed by atoms with Gasteiger partial charge in [-0.3, -0.25) is 4.98 Å². The van der Waals surface area contributed by atoms with Gasteiger partial charge in [0.2, 0.25) is 0 Å². The number of rotatable bonds is 6. The predicted molar refractivity (Wildman–Crippen MR) is 66.3 cm³/mol. The molecule has 0 amide bonds. The maximum absolute atomic E-state index is 8.55. The van der Waals surface area contributed by atoms with Crippen LogP contribution in [0.3, 0.4) is 0 Å². The second-order valence-corrected chi connectivity index (χ2v) is 4.07. The lowest BCUT2D eigenvalue weighted by molar-refractivity contribution is 0.251. The molecule has 0 fully saturated rings. The van der Waals surface area contributed by atoms with Crippen LogP contribution in [0.4, 0.5) is 0 Å². The molecular formula is C12H19N3O2. The van der Waals surface area contributed by atoms with Crippen molar-refractivity contribution in [1.82, 2.24) is 4.98 Å². The van der Waals surface area contributed by atoms with Crippen LogP contribution >= 0.6 is 0 Å². The quantitative estimate of drug-likeness (QED) is 0.343. The lowest BCUT2D eigenvalue weighted by Crippen LogP contribution is -2.15.